The predicted molar refractivity (Wildman–Crippen MR) is 158 cm³/mol. The van der Waals surface area contributed by atoms with Crippen LogP contribution in [0.2, 0.25) is 0 Å². The molecule has 8 nitrogen and oxygen atoms in total. The Balaban J connectivity index is 1.39. The normalized spacial score (nSPS) is 18.1. The maximum absolute atomic E-state index is 13.5. The topological polar surface area (TPSA) is 101 Å². The number of aromatic nitrogens is 3. The summed E-state index contributed by atoms with van der Waals surface area (Å²) in [5, 5.41) is 12.2. The molecule has 1 amide bonds. The zero-order chi connectivity index (χ0) is 27.5. The van der Waals surface area contributed by atoms with Crippen LogP contribution in [-0.2, 0) is 24.3 Å². The molecule has 210 valence electrons. The number of carbonyl (C=O) groups is 1. The summed E-state index contributed by atoms with van der Waals surface area (Å²) >= 11 is 0. The zero-order valence-corrected chi connectivity index (χ0v) is 23.2. The summed E-state index contributed by atoms with van der Waals surface area (Å²) in [4.78, 5) is 27.7. The lowest BCUT2D eigenvalue weighted by molar-refractivity contribution is -0.133. The maximum atomic E-state index is 13.5. The number of benzene rings is 1. The van der Waals surface area contributed by atoms with Gasteiger partial charge in [0.05, 0.1) is 29.1 Å². The van der Waals surface area contributed by atoms with Gasteiger partial charge in [-0.15, -0.1) is 0 Å². The van der Waals surface area contributed by atoms with E-state index < -0.39 is 0 Å². The first-order chi connectivity index (χ1) is 19.6. The molecule has 2 aliphatic rings. The number of amides is 1. The molecule has 0 radical (unpaired) electrons. The van der Waals surface area contributed by atoms with Gasteiger partial charge in [-0.3, -0.25) is 19.7 Å². The van der Waals surface area contributed by atoms with Crippen molar-refractivity contribution in [1.82, 2.24) is 24.3 Å². The lowest BCUT2D eigenvalue weighted by atomic mass is 9.90. The van der Waals surface area contributed by atoms with Gasteiger partial charge in [-0.2, -0.15) is 0 Å². The Morgan fingerprint density at radius 1 is 1.00 bits per heavy atom. The van der Waals surface area contributed by atoms with Crippen molar-refractivity contribution in [2.24, 2.45) is 5.73 Å². The van der Waals surface area contributed by atoms with Gasteiger partial charge in [0.2, 0.25) is 5.91 Å². The summed E-state index contributed by atoms with van der Waals surface area (Å²) in [7, 11) is 0. The van der Waals surface area contributed by atoms with Crippen LogP contribution in [0.4, 0.5) is 0 Å². The van der Waals surface area contributed by atoms with Crippen molar-refractivity contribution < 1.29 is 9.90 Å². The number of pyridine rings is 2. The molecule has 8 heteroatoms. The molecule has 0 bridgehead atoms. The number of aryl methyl sites for hydroxylation is 1. The molecule has 0 spiro atoms. The Bertz CT molecular complexity index is 1480. The number of piperidine rings is 1. The van der Waals surface area contributed by atoms with Crippen LogP contribution in [-0.4, -0.2) is 67.6 Å². The zero-order valence-electron chi connectivity index (χ0n) is 23.2. The minimum absolute atomic E-state index is 0.0922. The molecule has 40 heavy (non-hydrogen) atoms. The highest BCUT2D eigenvalue weighted by molar-refractivity contribution is 6.09. The number of aliphatic hydroxyl groups excluding tert-OH is 1. The standard InChI is InChI=1S/C32H40N6O2/c33-15-3-4-18-37(29-11-5-7-23-8-6-16-35-31(23)29)21-27-32-26(12-17-34-27)25-9-1-2-10-28(25)38(32)22-30(40)36-19-13-24(39)14-20-36/h1-2,6,8-10,12,16-17,24,29,39H,3-5,7,11,13-15,18-22,33H2. The number of hydrogen-bond donors (Lipinski definition) is 2. The van der Waals surface area contributed by atoms with Crippen molar-refractivity contribution in [2.75, 3.05) is 26.2 Å². The average molecular weight is 541 g/mol. The van der Waals surface area contributed by atoms with E-state index in [-0.39, 0.29) is 24.6 Å². The molecule has 1 unspecified atom stereocenters. The van der Waals surface area contributed by atoms with Gasteiger partial charge in [-0.25, -0.2) is 0 Å². The monoisotopic (exact) mass is 540 g/mol. The van der Waals surface area contributed by atoms with Crippen LogP contribution in [0, 0.1) is 0 Å². The summed E-state index contributed by atoms with van der Waals surface area (Å²) in [6.45, 7) is 3.76. The Hall–Kier alpha value is -3.33. The Labute approximate surface area is 235 Å². The summed E-state index contributed by atoms with van der Waals surface area (Å²) < 4.78 is 2.17. The Kier molecular flexibility index (Phi) is 8.09. The van der Waals surface area contributed by atoms with Crippen LogP contribution in [0.1, 0.15) is 61.5 Å². The van der Waals surface area contributed by atoms with Crippen LogP contribution in [0.15, 0.2) is 54.9 Å². The molecular formula is C32H40N6O2. The van der Waals surface area contributed by atoms with E-state index in [0.29, 0.717) is 39.0 Å². The van der Waals surface area contributed by atoms with Crippen LogP contribution >= 0.6 is 0 Å². The highest BCUT2D eigenvalue weighted by Gasteiger charge is 2.29. The first-order valence-electron chi connectivity index (χ1n) is 14.8. The first kappa shape index (κ1) is 26.9. The number of rotatable bonds is 9. The number of para-hydroxylation sites is 1. The molecule has 1 aliphatic carbocycles. The van der Waals surface area contributed by atoms with Gasteiger partial charge in [-0.1, -0.05) is 24.3 Å². The van der Waals surface area contributed by atoms with Crippen LogP contribution in [0.3, 0.4) is 0 Å². The van der Waals surface area contributed by atoms with Crippen molar-refractivity contribution in [3.05, 3.63) is 71.8 Å². The third-order valence-corrected chi connectivity index (χ3v) is 8.72. The van der Waals surface area contributed by atoms with E-state index in [1.54, 1.807) is 0 Å². The summed E-state index contributed by atoms with van der Waals surface area (Å²) in [5.41, 5.74) is 11.5. The smallest absolute Gasteiger partial charge is 0.242 e. The average Bonchev–Trinajstić information content (AvgIpc) is 3.31. The largest absolute Gasteiger partial charge is 0.393 e. The highest BCUT2D eigenvalue weighted by Crippen LogP contribution is 2.36. The molecule has 3 N–H and O–H groups in total. The van der Waals surface area contributed by atoms with E-state index in [1.807, 2.05) is 29.4 Å². The van der Waals surface area contributed by atoms with E-state index in [1.165, 1.54) is 11.3 Å². The lowest BCUT2D eigenvalue weighted by Gasteiger charge is -2.35. The van der Waals surface area contributed by atoms with Gasteiger partial charge >= 0.3 is 0 Å². The quantitative estimate of drug-likeness (QED) is 0.309. The lowest BCUT2D eigenvalue weighted by Crippen LogP contribution is -2.41. The van der Waals surface area contributed by atoms with E-state index in [4.69, 9.17) is 15.7 Å². The molecule has 1 aliphatic heterocycles. The third kappa shape index (κ3) is 5.36. The van der Waals surface area contributed by atoms with E-state index in [9.17, 15) is 9.90 Å². The molecule has 1 fully saturated rings. The molecule has 1 atom stereocenters. The van der Waals surface area contributed by atoms with Crippen LogP contribution in [0.25, 0.3) is 21.8 Å². The van der Waals surface area contributed by atoms with E-state index >= 15 is 0 Å². The van der Waals surface area contributed by atoms with Crippen molar-refractivity contribution in [2.45, 2.75) is 70.2 Å². The molecule has 3 aromatic heterocycles. The van der Waals surface area contributed by atoms with Gasteiger partial charge in [0.15, 0.2) is 0 Å². The van der Waals surface area contributed by atoms with Gasteiger partial charge in [0.1, 0.15) is 6.54 Å². The van der Waals surface area contributed by atoms with Gasteiger partial charge < -0.3 is 20.3 Å². The van der Waals surface area contributed by atoms with Gasteiger partial charge in [-0.05, 0) is 81.8 Å². The highest BCUT2D eigenvalue weighted by atomic mass is 16.3. The second kappa shape index (κ2) is 12.0. The van der Waals surface area contributed by atoms with Crippen molar-refractivity contribution in [1.29, 1.82) is 0 Å². The van der Waals surface area contributed by atoms with E-state index in [2.05, 4.69) is 39.8 Å². The minimum atomic E-state index is -0.308. The minimum Gasteiger partial charge on any atom is -0.393 e. The summed E-state index contributed by atoms with van der Waals surface area (Å²) in [6, 6.07) is 14.9. The number of unbranched alkanes of at least 4 members (excludes halogenated alkanes) is 1. The number of likely N-dealkylation sites (tertiary alicyclic amines) is 1. The number of nitrogens with two attached hydrogens (primary N) is 1. The van der Waals surface area contributed by atoms with Gasteiger partial charge in [0.25, 0.3) is 0 Å². The second-order valence-electron chi connectivity index (χ2n) is 11.3. The fraction of sp³-hybridized carbons (Fsp3) is 0.469. The van der Waals surface area contributed by atoms with Crippen molar-refractivity contribution in [3.63, 3.8) is 0 Å². The second-order valence-corrected chi connectivity index (χ2v) is 11.3. The van der Waals surface area contributed by atoms with E-state index in [0.717, 1.165) is 66.1 Å². The fourth-order valence-electron chi connectivity index (χ4n) is 6.64. The van der Waals surface area contributed by atoms with Crippen molar-refractivity contribution >= 4 is 27.7 Å². The predicted octanol–water partition coefficient (Wildman–Crippen LogP) is 4.19. The van der Waals surface area contributed by atoms with Crippen LogP contribution in [0.5, 0.6) is 0 Å². The summed E-state index contributed by atoms with van der Waals surface area (Å²) in [6.07, 6.45) is 10.1. The molecule has 1 saturated heterocycles. The Morgan fingerprint density at radius 2 is 1.85 bits per heavy atom. The number of fused-ring (bicyclic) bond motifs is 4. The maximum Gasteiger partial charge on any atom is 0.242 e. The fourth-order valence-corrected chi connectivity index (χ4v) is 6.64. The molecule has 4 aromatic rings. The number of hydrogen-bond acceptors (Lipinski definition) is 6. The SMILES string of the molecule is NCCCCN(Cc1nccc2c3ccccc3n(CC(=O)N3CCC(O)CC3)c12)C1CCCc2cccnc21. The van der Waals surface area contributed by atoms with Crippen molar-refractivity contribution in [3.8, 4) is 0 Å². The molecular weight excluding hydrogens is 500 g/mol. The number of nitrogens with zero attached hydrogens (tertiary/aromatic N) is 5. The molecule has 1 aromatic carbocycles. The third-order valence-electron chi connectivity index (χ3n) is 8.72. The summed E-state index contributed by atoms with van der Waals surface area (Å²) in [5.74, 6) is 0.0922. The molecule has 4 heterocycles. The molecule has 6 rings (SSSR count). The van der Waals surface area contributed by atoms with Gasteiger partial charge in [0, 0.05) is 48.3 Å². The van der Waals surface area contributed by atoms with Crippen LogP contribution < -0.4 is 5.73 Å². The Morgan fingerprint density at radius 3 is 2.70 bits per heavy atom. The first-order valence-corrected chi connectivity index (χ1v) is 14.8. The number of carbonyl (C=O) groups excluding carboxylic acids is 1. The molecule has 0 saturated carbocycles. The number of aliphatic hydroxyl groups is 1.